The van der Waals surface area contributed by atoms with Crippen LogP contribution < -0.4 is 16.4 Å². The molecule has 3 rings (SSSR count). The fraction of sp³-hybridized carbons (Fsp3) is 0.0588. The highest BCUT2D eigenvalue weighted by atomic mass is 32.1. The van der Waals surface area contributed by atoms with Crippen LogP contribution in [0.15, 0.2) is 58.4 Å². The summed E-state index contributed by atoms with van der Waals surface area (Å²) in [5.74, 6) is 0.436. The molecule has 0 unspecified atom stereocenters. The smallest absolute Gasteiger partial charge is 0.267 e. The van der Waals surface area contributed by atoms with E-state index in [1.807, 2.05) is 0 Å². The lowest BCUT2D eigenvalue weighted by Gasteiger charge is -2.13. The van der Waals surface area contributed by atoms with Crippen LogP contribution in [0.5, 0.6) is 0 Å². The van der Waals surface area contributed by atoms with Crippen molar-refractivity contribution in [1.82, 2.24) is 15.1 Å². The summed E-state index contributed by atoms with van der Waals surface area (Å²) in [4.78, 5) is 27.2. The van der Waals surface area contributed by atoms with Gasteiger partial charge in [0.15, 0.2) is 0 Å². The minimum atomic E-state index is -0.487. The van der Waals surface area contributed by atoms with Crippen molar-refractivity contribution < 1.29 is 4.92 Å². The normalized spacial score (nSPS) is 10.9. The molecule has 3 aromatic rings. The SMILES string of the molecule is Cc1nc2ccccc2c(=O)n1NC(=S)N/N=C/c1cccc([N+](=O)[O-])c1. The van der Waals surface area contributed by atoms with Crippen molar-refractivity contribution in [3.63, 3.8) is 0 Å². The Bertz CT molecular complexity index is 1130. The molecule has 0 amide bonds. The van der Waals surface area contributed by atoms with Gasteiger partial charge in [0.1, 0.15) is 5.82 Å². The van der Waals surface area contributed by atoms with Gasteiger partial charge in [-0.3, -0.25) is 25.8 Å². The van der Waals surface area contributed by atoms with Gasteiger partial charge in [0.05, 0.1) is 22.0 Å². The number of nitrogens with zero attached hydrogens (tertiary/aromatic N) is 4. The van der Waals surface area contributed by atoms with E-state index in [9.17, 15) is 14.9 Å². The van der Waals surface area contributed by atoms with E-state index >= 15 is 0 Å². The van der Waals surface area contributed by atoms with E-state index in [1.54, 1.807) is 43.3 Å². The monoisotopic (exact) mass is 382 g/mol. The van der Waals surface area contributed by atoms with Crippen LogP contribution in [-0.4, -0.2) is 25.9 Å². The van der Waals surface area contributed by atoms with Gasteiger partial charge in [-0.05, 0) is 31.3 Å². The van der Waals surface area contributed by atoms with Gasteiger partial charge in [-0.1, -0.05) is 24.3 Å². The van der Waals surface area contributed by atoms with E-state index in [0.29, 0.717) is 22.3 Å². The summed E-state index contributed by atoms with van der Waals surface area (Å²) >= 11 is 5.13. The number of thiocarbonyl (C=S) groups is 1. The Balaban J connectivity index is 1.73. The summed E-state index contributed by atoms with van der Waals surface area (Å²) in [7, 11) is 0. The molecule has 0 spiro atoms. The number of rotatable bonds is 4. The van der Waals surface area contributed by atoms with Crippen molar-refractivity contribution in [2.24, 2.45) is 5.10 Å². The second kappa shape index (κ2) is 7.70. The minimum Gasteiger partial charge on any atom is -0.267 e. The number of para-hydroxylation sites is 1. The number of hydrogen-bond donors (Lipinski definition) is 2. The van der Waals surface area contributed by atoms with E-state index < -0.39 is 4.92 Å². The van der Waals surface area contributed by atoms with E-state index in [1.165, 1.54) is 23.0 Å². The summed E-state index contributed by atoms with van der Waals surface area (Å²) in [6.45, 7) is 1.68. The topological polar surface area (TPSA) is 114 Å². The van der Waals surface area contributed by atoms with Gasteiger partial charge < -0.3 is 0 Å². The van der Waals surface area contributed by atoms with Crippen molar-refractivity contribution >= 4 is 40.1 Å². The molecule has 10 heteroatoms. The lowest BCUT2D eigenvalue weighted by molar-refractivity contribution is -0.384. The van der Waals surface area contributed by atoms with Crippen molar-refractivity contribution in [2.75, 3.05) is 5.43 Å². The van der Waals surface area contributed by atoms with Crippen molar-refractivity contribution in [3.05, 3.63) is 80.4 Å². The molecule has 0 fully saturated rings. The molecule has 27 heavy (non-hydrogen) atoms. The molecule has 0 saturated heterocycles. The number of benzene rings is 2. The summed E-state index contributed by atoms with van der Waals surface area (Å²) < 4.78 is 1.22. The van der Waals surface area contributed by atoms with E-state index in [-0.39, 0.29) is 16.4 Å². The summed E-state index contributed by atoms with van der Waals surface area (Å²) in [5, 5.41) is 15.2. The van der Waals surface area contributed by atoms with Crippen LogP contribution in [0.3, 0.4) is 0 Å². The maximum atomic E-state index is 12.6. The van der Waals surface area contributed by atoms with Gasteiger partial charge in [0.25, 0.3) is 11.2 Å². The summed E-state index contributed by atoms with van der Waals surface area (Å²) in [5.41, 5.74) is 6.09. The first-order chi connectivity index (χ1) is 13.0. The van der Waals surface area contributed by atoms with Crippen LogP contribution in [0.1, 0.15) is 11.4 Å². The molecule has 9 nitrogen and oxygen atoms in total. The zero-order valence-electron chi connectivity index (χ0n) is 14.1. The van der Waals surface area contributed by atoms with E-state index in [2.05, 4.69) is 20.9 Å². The van der Waals surface area contributed by atoms with Crippen LogP contribution in [0.25, 0.3) is 10.9 Å². The van der Waals surface area contributed by atoms with Crippen molar-refractivity contribution in [1.29, 1.82) is 0 Å². The zero-order chi connectivity index (χ0) is 19.4. The Morgan fingerprint density at radius 1 is 1.30 bits per heavy atom. The molecule has 2 N–H and O–H groups in total. The largest absolute Gasteiger partial charge is 0.280 e. The molecule has 0 aliphatic carbocycles. The Morgan fingerprint density at radius 3 is 2.85 bits per heavy atom. The van der Waals surface area contributed by atoms with Crippen LogP contribution >= 0.6 is 12.2 Å². The third-order valence-corrected chi connectivity index (χ3v) is 3.80. The molecule has 136 valence electrons. The molecule has 2 aromatic carbocycles. The Kier molecular flexibility index (Phi) is 5.18. The average molecular weight is 382 g/mol. The maximum Gasteiger partial charge on any atom is 0.280 e. The van der Waals surface area contributed by atoms with Gasteiger partial charge in [-0.2, -0.15) is 5.10 Å². The second-order valence-corrected chi connectivity index (χ2v) is 5.89. The number of nitrogens with one attached hydrogen (secondary N) is 2. The fourth-order valence-corrected chi connectivity index (χ4v) is 2.53. The molecule has 0 atom stereocenters. The van der Waals surface area contributed by atoms with Gasteiger partial charge in [-0.25, -0.2) is 9.66 Å². The number of aryl methyl sites for hydroxylation is 1. The lowest BCUT2D eigenvalue weighted by Crippen LogP contribution is -2.39. The van der Waals surface area contributed by atoms with Gasteiger partial charge in [0, 0.05) is 17.7 Å². The van der Waals surface area contributed by atoms with Crippen LogP contribution in [0.4, 0.5) is 5.69 Å². The molecule has 0 bridgehead atoms. The minimum absolute atomic E-state index is 0.0379. The number of non-ortho nitro benzene ring substituents is 1. The second-order valence-electron chi connectivity index (χ2n) is 5.48. The molecule has 1 heterocycles. The first-order valence-electron chi connectivity index (χ1n) is 7.78. The quantitative estimate of drug-likeness (QED) is 0.307. The van der Waals surface area contributed by atoms with Gasteiger partial charge in [0.2, 0.25) is 5.11 Å². The Hall–Kier alpha value is -3.66. The summed E-state index contributed by atoms with van der Waals surface area (Å²) in [6, 6.07) is 13.0. The Labute approximate surface area is 158 Å². The molecular weight excluding hydrogens is 368 g/mol. The molecule has 0 radical (unpaired) electrons. The van der Waals surface area contributed by atoms with Gasteiger partial charge in [-0.15, -0.1) is 0 Å². The fourth-order valence-electron chi connectivity index (χ4n) is 2.39. The van der Waals surface area contributed by atoms with E-state index in [0.717, 1.165) is 0 Å². The van der Waals surface area contributed by atoms with Gasteiger partial charge >= 0.3 is 0 Å². The predicted molar refractivity (Wildman–Crippen MR) is 107 cm³/mol. The van der Waals surface area contributed by atoms with Crippen molar-refractivity contribution in [2.45, 2.75) is 6.92 Å². The third kappa shape index (κ3) is 4.12. The summed E-state index contributed by atoms with van der Waals surface area (Å²) in [6.07, 6.45) is 1.38. The number of fused-ring (bicyclic) bond motifs is 1. The standard InChI is InChI=1S/C17H14N6O3S/c1-11-19-15-8-3-2-7-14(15)16(24)22(11)21-17(27)20-18-10-12-5-4-6-13(9-12)23(25)26/h2-10H,1H3,(H2,20,21,27)/b18-10+. The highest BCUT2D eigenvalue weighted by Gasteiger charge is 2.08. The number of nitro benzene ring substituents is 1. The third-order valence-electron chi connectivity index (χ3n) is 3.62. The van der Waals surface area contributed by atoms with Crippen LogP contribution in [0.2, 0.25) is 0 Å². The highest BCUT2D eigenvalue weighted by molar-refractivity contribution is 7.80. The van der Waals surface area contributed by atoms with E-state index in [4.69, 9.17) is 12.2 Å². The molecule has 1 aromatic heterocycles. The lowest BCUT2D eigenvalue weighted by atomic mass is 10.2. The first-order valence-corrected chi connectivity index (χ1v) is 8.19. The number of hydrogen-bond acceptors (Lipinski definition) is 6. The zero-order valence-corrected chi connectivity index (χ0v) is 14.9. The maximum absolute atomic E-state index is 12.6. The van der Waals surface area contributed by atoms with Crippen LogP contribution in [0, 0.1) is 17.0 Å². The molecular formula is C17H14N6O3S. The number of nitro groups is 1. The van der Waals surface area contributed by atoms with Crippen molar-refractivity contribution in [3.8, 4) is 0 Å². The molecule has 0 aliphatic rings. The molecule has 0 aliphatic heterocycles. The van der Waals surface area contributed by atoms with Crippen LogP contribution in [-0.2, 0) is 0 Å². The number of aromatic nitrogens is 2. The average Bonchev–Trinajstić information content (AvgIpc) is 2.65. The highest BCUT2D eigenvalue weighted by Crippen LogP contribution is 2.11. The Morgan fingerprint density at radius 2 is 2.07 bits per heavy atom. The number of hydrazone groups is 1. The first kappa shape index (κ1) is 18.1. The molecule has 0 saturated carbocycles. The predicted octanol–water partition coefficient (Wildman–Crippen LogP) is 2.07.